The number of aromatic nitrogens is 3. The van der Waals surface area contributed by atoms with Crippen LogP contribution in [0.4, 0.5) is 10.6 Å². The molecule has 1 saturated heterocycles. The first-order valence-corrected chi connectivity index (χ1v) is 8.94. The van der Waals surface area contributed by atoms with E-state index in [1.54, 1.807) is 16.8 Å². The van der Waals surface area contributed by atoms with Crippen LogP contribution in [0.2, 0.25) is 0 Å². The fourth-order valence-corrected chi connectivity index (χ4v) is 3.25. The van der Waals surface area contributed by atoms with Crippen LogP contribution in [0, 0.1) is 6.92 Å². The Morgan fingerprint density at radius 2 is 2.29 bits per heavy atom. The minimum Gasteiger partial charge on any atom is -0.489 e. The fraction of sp³-hybridized carbons (Fsp3) is 0.316. The minimum absolute atomic E-state index is 0.239. The summed E-state index contributed by atoms with van der Waals surface area (Å²) in [4.78, 5) is 16.8. The molecule has 1 atom stereocenters. The standard InChI is InChI=1S/C19H21N5O4/c1-12-6-16(13-2-3-24-14(7-13)8-18(20)22-24)17(9-21-12)28-11-15-10-23(19(25)26)4-5-27-15/h2-3,6-9,15H,4-5,10-11H2,1H3,(H2,20,22)(H,25,26). The van der Waals surface area contributed by atoms with Crippen molar-refractivity contribution in [1.29, 1.82) is 0 Å². The summed E-state index contributed by atoms with van der Waals surface area (Å²) in [6.07, 6.45) is 2.25. The average Bonchev–Trinajstić information content (AvgIpc) is 3.06. The first kappa shape index (κ1) is 18.1. The summed E-state index contributed by atoms with van der Waals surface area (Å²) >= 11 is 0. The van der Waals surface area contributed by atoms with Crippen molar-refractivity contribution in [2.45, 2.75) is 13.0 Å². The van der Waals surface area contributed by atoms with Gasteiger partial charge in [-0.15, -0.1) is 0 Å². The predicted octanol–water partition coefficient (Wildman–Crippen LogP) is 2.04. The largest absolute Gasteiger partial charge is 0.489 e. The molecule has 1 aliphatic heterocycles. The molecular weight excluding hydrogens is 362 g/mol. The summed E-state index contributed by atoms with van der Waals surface area (Å²) in [5.41, 5.74) is 9.35. The van der Waals surface area contributed by atoms with Crippen LogP contribution in [-0.4, -0.2) is 63.1 Å². The molecule has 1 aliphatic rings. The Balaban J connectivity index is 1.57. The summed E-state index contributed by atoms with van der Waals surface area (Å²) in [6.45, 7) is 3.17. The number of nitrogen functional groups attached to an aromatic ring is 1. The number of fused-ring (bicyclic) bond motifs is 1. The lowest BCUT2D eigenvalue weighted by atomic mass is 10.1. The second-order valence-corrected chi connectivity index (χ2v) is 6.71. The van der Waals surface area contributed by atoms with Gasteiger partial charge in [-0.05, 0) is 30.7 Å². The van der Waals surface area contributed by atoms with Crippen molar-refractivity contribution in [3.8, 4) is 16.9 Å². The van der Waals surface area contributed by atoms with E-state index >= 15 is 0 Å². The van der Waals surface area contributed by atoms with Gasteiger partial charge in [0, 0.05) is 30.1 Å². The molecule has 9 nitrogen and oxygen atoms in total. The van der Waals surface area contributed by atoms with E-state index in [2.05, 4.69) is 10.1 Å². The van der Waals surface area contributed by atoms with Crippen molar-refractivity contribution >= 4 is 17.4 Å². The molecule has 0 saturated carbocycles. The summed E-state index contributed by atoms with van der Waals surface area (Å²) in [5, 5.41) is 13.3. The van der Waals surface area contributed by atoms with Crippen LogP contribution in [0.3, 0.4) is 0 Å². The maximum atomic E-state index is 11.2. The number of nitrogens with zero attached hydrogens (tertiary/aromatic N) is 4. The maximum absolute atomic E-state index is 11.2. The van der Waals surface area contributed by atoms with Gasteiger partial charge >= 0.3 is 6.09 Å². The van der Waals surface area contributed by atoms with Crippen molar-refractivity contribution < 1.29 is 19.4 Å². The van der Waals surface area contributed by atoms with Crippen molar-refractivity contribution in [3.63, 3.8) is 0 Å². The highest BCUT2D eigenvalue weighted by molar-refractivity contribution is 5.74. The van der Waals surface area contributed by atoms with Gasteiger partial charge in [0.05, 0.1) is 24.9 Å². The van der Waals surface area contributed by atoms with Gasteiger partial charge in [-0.25, -0.2) is 9.31 Å². The molecule has 3 aromatic heterocycles. The molecule has 28 heavy (non-hydrogen) atoms. The van der Waals surface area contributed by atoms with E-state index in [0.717, 1.165) is 22.3 Å². The van der Waals surface area contributed by atoms with E-state index in [0.29, 0.717) is 24.7 Å². The Hall–Kier alpha value is -3.33. The van der Waals surface area contributed by atoms with E-state index in [1.165, 1.54) is 4.90 Å². The van der Waals surface area contributed by atoms with Gasteiger partial charge in [-0.1, -0.05) is 0 Å². The zero-order chi connectivity index (χ0) is 19.7. The number of hydrogen-bond donors (Lipinski definition) is 2. The van der Waals surface area contributed by atoms with Gasteiger partial charge in [-0.3, -0.25) is 4.98 Å². The number of carbonyl (C=O) groups is 1. The third-order valence-electron chi connectivity index (χ3n) is 4.63. The van der Waals surface area contributed by atoms with Gasteiger partial charge in [0.2, 0.25) is 0 Å². The summed E-state index contributed by atoms with van der Waals surface area (Å²) < 4.78 is 13.3. The van der Waals surface area contributed by atoms with Crippen LogP contribution < -0.4 is 10.5 Å². The number of aryl methyl sites for hydroxylation is 1. The SMILES string of the molecule is Cc1cc(-c2ccn3nc(N)cc3c2)c(OCC2CN(C(=O)O)CCO2)cn1. The topological polar surface area (TPSA) is 115 Å². The second-order valence-electron chi connectivity index (χ2n) is 6.71. The van der Waals surface area contributed by atoms with E-state index in [4.69, 9.17) is 20.3 Å². The molecule has 0 aliphatic carbocycles. The summed E-state index contributed by atoms with van der Waals surface area (Å²) in [6, 6.07) is 7.67. The number of ether oxygens (including phenoxy) is 2. The van der Waals surface area contributed by atoms with Crippen molar-refractivity contribution in [2.24, 2.45) is 0 Å². The van der Waals surface area contributed by atoms with Crippen LogP contribution in [-0.2, 0) is 4.74 Å². The molecule has 3 N–H and O–H groups in total. The highest BCUT2D eigenvalue weighted by Crippen LogP contribution is 2.31. The van der Waals surface area contributed by atoms with Gasteiger partial charge in [0.15, 0.2) is 0 Å². The van der Waals surface area contributed by atoms with Gasteiger partial charge in [0.1, 0.15) is 24.3 Å². The lowest BCUT2D eigenvalue weighted by Crippen LogP contribution is -2.47. The van der Waals surface area contributed by atoms with E-state index in [1.807, 2.05) is 31.3 Å². The van der Waals surface area contributed by atoms with Crippen LogP contribution in [0.15, 0.2) is 36.7 Å². The van der Waals surface area contributed by atoms with Gasteiger partial charge in [-0.2, -0.15) is 5.10 Å². The van der Waals surface area contributed by atoms with Crippen LogP contribution in [0.1, 0.15) is 5.69 Å². The number of hydrogen-bond acceptors (Lipinski definition) is 6. The van der Waals surface area contributed by atoms with Crippen molar-refractivity contribution in [1.82, 2.24) is 19.5 Å². The van der Waals surface area contributed by atoms with Gasteiger partial charge < -0.3 is 25.2 Å². The lowest BCUT2D eigenvalue weighted by Gasteiger charge is -2.30. The molecule has 146 valence electrons. The zero-order valence-corrected chi connectivity index (χ0v) is 15.4. The molecule has 1 fully saturated rings. The molecule has 4 rings (SSSR count). The number of carboxylic acid groups (broad SMARTS) is 1. The number of nitrogens with two attached hydrogens (primary N) is 1. The molecule has 1 amide bonds. The monoisotopic (exact) mass is 383 g/mol. The molecule has 0 aromatic carbocycles. The lowest BCUT2D eigenvalue weighted by molar-refractivity contribution is -0.0411. The maximum Gasteiger partial charge on any atom is 0.407 e. The summed E-state index contributed by atoms with van der Waals surface area (Å²) in [7, 11) is 0. The molecule has 4 heterocycles. The second kappa shape index (κ2) is 7.35. The number of morpholine rings is 1. The number of amides is 1. The van der Waals surface area contributed by atoms with Crippen molar-refractivity contribution in [2.75, 3.05) is 32.0 Å². The van der Waals surface area contributed by atoms with E-state index in [9.17, 15) is 4.79 Å². The van der Waals surface area contributed by atoms with E-state index in [-0.39, 0.29) is 19.3 Å². The zero-order valence-electron chi connectivity index (χ0n) is 15.4. The number of pyridine rings is 2. The summed E-state index contributed by atoms with van der Waals surface area (Å²) in [5.74, 6) is 1.07. The molecular formula is C19H21N5O4. The highest BCUT2D eigenvalue weighted by Gasteiger charge is 2.24. The first-order chi connectivity index (χ1) is 13.5. The third-order valence-corrected chi connectivity index (χ3v) is 4.63. The predicted molar refractivity (Wildman–Crippen MR) is 102 cm³/mol. The minimum atomic E-state index is -0.945. The molecule has 1 unspecified atom stereocenters. The number of anilines is 1. The molecule has 0 radical (unpaired) electrons. The van der Waals surface area contributed by atoms with Crippen LogP contribution >= 0.6 is 0 Å². The Labute approximate surface area is 161 Å². The Bertz CT molecular complexity index is 1020. The fourth-order valence-electron chi connectivity index (χ4n) is 3.25. The smallest absolute Gasteiger partial charge is 0.407 e. The normalized spacial score (nSPS) is 17.0. The quantitative estimate of drug-likeness (QED) is 0.708. The molecule has 9 heteroatoms. The third kappa shape index (κ3) is 3.70. The number of rotatable bonds is 4. The molecule has 0 spiro atoms. The first-order valence-electron chi connectivity index (χ1n) is 8.94. The van der Waals surface area contributed by atoms with E-state index < -0.39 is 6.09 Å². The Morgan fingerprint density at radius 3 is 3.11 bits per heavy atom. The Kier molecular flexibility index (Phi) is 4.74. The van der Waals surface area contributed by atoms with Crippen LogP contribution in [0.25, 0.3) is 16.6 Å². The molecule has 0 bridgehead atoms. The Morgan fingerprint density at radius 1 is 1.43 bits per heavy atom. The van der Waals surface area contributed by atoms with Crippen LogP contribution in [0.5, 0.6) is 5.75 Å². The molecule has 3 aromatic rings. The van der Waals surface area contributed by atoms with Gasteiger partial charge in [0.25, 0.3) is 0 Å². The average molecular weight is 383 g/mol. The van der Waals surface area contributed by atoms with Crippen molar-refractivity contribution in [3.05, 3.63) is 42.4 Å². The highest BCUT2D eigenvalue weighted by atomic mass is 16.5.